The number of anilines is 1. The number of aromatic carboxylic acids is 1. The van der Waals surface area contributed by atoms with Crippen molar-refractivity contribution >= 4 is 23.0 Å². The van der Waals surface area contributed by atoms with Gasteiger partial charge in [0.2, 0.25) is 0 Å². The van der Waals surface area contributed by atoms with Crippen LogP contribution in [-0.4, -0.2) is 11.1 Å². The van der Waals surface area contributed by atoms with Crippen LogP contribution in [0.4, 0.5) is 10.1 Å². The van der Waals surface area contributed by atoms with Gasteiger partial charge in [-0.2, -0.15) is 0 Å². The van der Waals surface area contributed by atoms with Crippen molar-refractivity contribution in [3.05, 3.63) is 51.0 Å². The summed E-state index contributed by atoms with van der Waals surface area (Å²) in [6.45, 7) is 4.10. The maximum atomic E-state index is 13.6. The number of halogens is 1. The average Bonchev–Trinajstić information content (AvgIpc) is 2.70. The molecule has 0 aliphatic carbocycles. The summed E-state index contributed by atoms with van der Waals surface area (Å²) in [6, 6.07) is 6.60. The van der Waals surface area contributed by atoms with E-state index < -0.39 is 5.97 Å². The molecular formula is C14H14FNO2S. The van der Waals surface area contributed by atoms with Gasteiger partial charge in [0.15, 0.2) is 0 Å². The highest BCUT2D eigenvalue weighted by Crippen LogP contribution is 2.23. The molecule has 5 heteroatoms. The molecule has 1 aromatic carbocycles. The lowest BCUT2D eigenvalue weighted by Gasteiger charge is -2.07. The molecule has 100 valence electrons. The number of hydrogen-bond acceptors (Lipinski definition) is 3. The fourth-order valence-electron chi connectivity index (χ4n) is 1.75. The van der Waals surface area contributed by atoms with Crippen molar-refractivity contribution in [3.63, 3.8) is 0 Å². The number of rotatable bonds is 4. The highest BCUT2D eigenvalue weighted by atomic mass is 32.1. The maximum Gasteiger partial charge on any atom is 0.345 e. The first kappa shape index (κ1) is 13.5. The predicted octanol–water partition coefficient (Wildman–Crippen LogP) is 3.81. The van der Waals surface area contributed by atoms with Gasteiger partial charge in [0.05, 0.1) is 5.69 Å². The van der Waals surface area contributed by atoms with Gasteiger partial charge in [-0.05, 0) is 43.2 Å². The van der Waals surface area contributed by atoms with E-state index in [2.05, 4.69) is 5.32 Å². The summed E-state index contributed by atoms with van der Waals surface area (Å²) in [5.41, 5.74) is 2.17. The van der Waals surface area contributed by atoms with Crippen LogP contribution in [0.1, 0.15) is 25.7 Å². The Hall–Kier alpha value is -1.88. The second kappa shape index (κ2) is 5.40. The summed E-state index contributed by atoms with van der Waals surface area (Å²) in [5.74, 6) is -1.23. The molecule has 2 aromatic rings. The zero-order valence-corrected chi connectivity index (χ0v) is 11.5. The smallest absolute Gasteiger partial charge is 0.345 e. The van der Waals surface area contributed by atoms with E-state index in [1.807, 2.05) is 19.9 Å². The number of thiophene rings is 1. The third kappa shape index (κ3) is 3.12. The largest absolute Gasteiger partial charge is 0.477 e. The molecule has 1 heterocycles. The molecule has 0 saturated carbocycles. The summed E-state index contributed by atoms with van der Waals surface area (Å²) in [5, 5.41) is 11.9. The summed E-state index contributed by atoms with van der Waals surface area (Å²) < 4.78 is 13.6. The van der Waals surface area contributed by atoms with Crippen LogP contribution in [0.3, 0.4) is 0 Å². The normalized spacial score (nSPS) is 10.5. The maximum absolute atomic E-state index is 13.6. The highest BCUT2D eigenvalue weighted by Gasteiger charge is 2.11. The summed E-state index contributed by atoms with van der Waals surface area (Å²) in [6.07, 6.45) is 0. The molecule has 0 aliphatic heterocycles. The third-order valence-corrected chi connectivity index (χ3v) is 3.91. The van der Waals surface area contributed by atoms with Gasteiger partial charge in [0.25, 0.3) is 0 Å². The van der Waals surface area contributed by atoms with Crippen molar-refractivity contribution in [1.82, 2.24) is 0 Å². The topological polar surface area (TPSA) is 49.3 Å². The molecule has 0 bridgehead atoms. The lowest BCUT2D eigenvalue weighted by molar-refractivity contribution is 0.0702. The zero-order chi connectivity index (χ0) is 14.0. The zero-order valence-electron chi connectivity index (χ0n) is 10.7. The summed E-state index contributed by atoms with van der Waals surface area (Å²) in [7, 11) is 0. The minimum Gasteiger partial charge on any atom is -0.477 e. The Labute approximate surface area is 114 Å². The van der Waals surface area contributed by atoms with Crippen molar-refractivity contribution in [2.24, 2.45) is 0 Å². The van der Waals surface area contributed by atoms with Crippen LogP contribution in [0.15, 0.2) is 24.3 Å². The van der Waals surface area contributed by atoms with Gasteiger partial charge in [-0.15, -0.1) is 11.3 Å². The van der Waals surface area contributed by atoms with Crippen molar-refractivity contribution in [2.75, 3.05) is 5.32 Å². The van der Waals surface area contributed by atoms with Gasteiger partial charge in [-0.1, -0.05) is 6.07 Å². The van der Waals surface area contributed by atoms with E-state index in [0.29, 0.717) is 17.1 Å². The lowest BCUT2D eigenvalue weighted by Crippen LogP contribution is -2.02. The highest BCUT2D eigenvalue weighted by molar-refractivity contribution is 7.14. The fourth-order valence-corrected chi connectivity index (χ4v) is 2.64. The molecule has 1 aromatic heterocycles. The van der Waals surface area contributed by atoms with Gasteiger partial charge < -0.3 is 10.4 Å². The van der Waals surface area contributed by atoms with E-state index in [9.17, 15) is 9.18 Å². The van der Waals surface area contributed by atoms with Gasteiger partial charge >= 0.3 is 5.97 Å². The lowest BCUT2D eigenvalue weighted by atomic mass is 10.2. The molecule has 0 amide bonds. The number of carboxylic acid groups (broad SMARTS) is 1. The first-order valence-electron chi connectivity index (χ1n) is 5.80. The number of carboxylic acids is 1. The molecule has 19 heavy (non-hydrogen) atoms. The molecule has 0 atom stereocenters. The molecule has 0 fully saturated rings. The molecule has 2 rings (SSSR count). The quantitative estimate of drug-likeness (QED) is 0.894. The van der Waals surface area contributed by atoms with Crippen LogP contribution in [0.5, 0.6) is 0 Å². The van der Waals surface area contributed by atoms with Crippen LogP contribution in [0.25, 0.3) is 0 Å². The number of carbonyl (C=O) groups is 1. The standard InChI is InChI=1S/C14H14FNO2S/c1-8-3-4-12(11(15)5-8)16-7-10-6-13(14(17)18)19-9(10)2/h3-6,16H,7H2,1-2H3,(H,17,18). The molecular weight excluding hydrogens is 265 g/mol. The number of aryl methyl sites for hydroxylation is 2. The second-order valence-electron chi connectivity index (χ2n) is 4.33. The van der Waals surface area contributed by atoms with Crippen LogP contribution in [-0.2, 0) is 6.54 Å². The predicted molar refractivity (Wildman–Crippen MR) is 74.5 cm³/mol. The van der Waals surface area contributed by atoms with Crippen LogP contribution in [0, 0.1) is 19.7 Å². The number of nitrogens with one attached hydrogen (secondary N) is 1. The molecule has 0 radical (unpaired) electrons. The SMILES string of the molecule is Cc1ccc(NCc2cc(C(=O)O)sc2C)c(F)c1. The molecule has 3 nitrogen and oxygen atoms in total. The Morgan fingerprint density at radius 1 is 1.37 bits per heavy atom. The van der Waals surface area contributed by atoms with E-state index in [0.717, 1.165) is 16.0 Å². The van der Waals surface area contributed by atoms with E-state index in [1.165, 1.54) is 17.4 Å². The Balaban J connectivity index is 2.12. The Morgan fingerprint density at radius 3 is 2.68 bits per heavy atom. The van der Waals surface area contributed by atoms with Gasteiger partial charge in [0.1, 0.15) is 10.7 Å². The van der Waals surface area contributed by atoms with E-state index in [1.54, 1.807) is 12.1 Å². The minimum atomic E-state index is -0.930. The molecule has 0 spiro atoms. The first-order chi connectivity index (χ1) is 8.97. The average molecular weight is 279 g/mol. The van der Waals surface area contributed by atoms with Crippen LogP contribution in [0.2, 0.25) is 0 Å². The Kier molecular flexibility index (Phi) is 3.85. The number of hydrogen-bond donors (Lipinski definition) is 2. The fraction of sp³-hybridized carbons (Fsp3) is 0.214. The first-order valence-corrected chi connectivity index (χ1v) is 6.61. The van der Waals surface area contributed by atoms with Crippen LogP contribution < -0.4 is 5.32 Å². The van der Waals surface area contributed by atoms with Crippen molar-refractivity contribution in [2.45, 2.75) is 20.4 Å². The second-order valence-corrected chi connectivity index (χ2v) is 5.59. The summed E-state index contributed by atoms with van der Waals surface area (Å²) in [4.78, 5) is 12.1. The van der Waals surface area contributed by atoms with Gasteiger partial charge in [-0.3, -0.25) is 0 Å². The van der Waals surface area contributed by atoms with Crippen molar-refractivity contribution < 1.29 is 14.3 Å². The van der Waals surface area contributed by atoms with Gasteiger partial charge in [-0.25, -0.2) is 9.18 Å². The van der Waals surface area contributed by atoms with Crippen molar-refractivity contribution in [3.8, 4) is 0 Å². The van der Waals surface area contributed by atoms with E-state index >= 15 is 0 Å². The Morgan fingerprint density at radius 2 is 2.11 bits per heavy atom. The van der Waals surface area contributed by atoms with Crippen LogP contribution >= 0.6 is 11.3 Å². The molecule has 0 saturated heterocycles. The van der Waals surface area contributed by atoms with Crippen molar-refractivity contribution in [1.29, 1.82) is 0 Å². The third-order valence-electron chi connectivity index (χ3n) is 2.83. The molecule has 0 unspecified atom stereocenters. The van der Waals surface area contributed by atoms with E-state index in [-0.39, 0.29) is 5.82 Å². The Bertz CT molecular complexity index is 622. The minimum absolute atomic E-state index is 0.300. The monoisotopic (exact) mass is 279 g/mol. The van der Waals surface area contributed by atoms with Gasteiger partial charge in [0, 0.05) is 11.4 Å². The van der Waals surface area contributed by atoms with E-state index in [4.69, 9.17) is 5.11 Å². The molecule has 2 N–H and O–H groups in total. The summed E-state index contributed by atoms with van der Waals surface area (Å²) >= 11 is 1.23. The molecule has 0 aliphatic rings. The number of benzene rings is 1.